The van der Waals surface area contributed by atoms with Crippen LogP contribution in [0.25, 0.3) is 0 Å². The average Bonchev–Trinajstić information content (AvgIpc) is 2.66. The Labute approximate surface area is 167 Å². The summed E-state index contributed by atoms with van der Waals surface area (Å²) in [5, 5.41) is 17.2. The monoisotopic (exact) mass is 398 g/mol. The van der Waals surface area contributed by atoms with Crippen molar-refractivity contribution in [2.75, 3.05) is 26.3 Å². The summed E-state index contributed by atoms with van der Waals surface area (Å²) in [5.74, 6) is -0.657. The Hall–Kier alpha value is -2.24. The second-order valence-corrected chi connectivity index (χ2v) is 6.78. The molecule has 0 rings (SSSR count). The third-order valence-electron chi connectivity index (χ3n) is 3.43. The highest BCUT2D eigenvalue weighted by Gasteiger charge is 2.19. The highest BCUT2D eigenvalue weighted by Crippen LogP contribution is 2.08. The Bertz CT molecular complexity index is 489. The van der Waals surface area contributed by atoms with Crippen LogP contribution in [0.2, 0.25) is 0 Å². The first-order chi connectivity index (χ1) is 13.0. The van der Waals surface area contributed by atoms with Crippen LogP contribution in [0.3, 0.4) is 0 Å². The lowest BCUT2D eigenvalue weighted by Crippen LogP contribution is -2.34. The number of rotatable bonds is 12. The predicted octanol–water partition coefficient (Wildman–Crippen LogP) is -0.201. The van der Waals surface area contributed by atoms with Gasteiger partial charge in [-0.15, -0.1) is 0 Å². The fourth-order valence-electron chi connectivity index (χ4n) is 1.52. The van der Waals surface area contributed by atoms with Gasteiger partial charge in [-0.3, -0.25) is 9.59 Å². The van der Waals surface area contributed by atoms with Crippen LogP contribution in [0, 0.1) is 22.7 Å². The highest BCUT2D eigenvalue weighted by atomic mass is 16.5. The van der Waals surface area contributed by atoms with Gasteiger partial charge in [0.2, 0.25) is 0 Å². The van der Waals surface area contributed by atoms with Crippen molar-refractivity contribution in [3.63, 3.8) is 0 Å². The number of carbonyl (C=O) groups excluding carboxylic acids is 2. The van der Waals surface area contributed by atoms with Gasteiger partial charge in [-0.05, 0) is 52.6 Å². The molecule has 8 N–H and O–H groups in total. The SMILES string of the molecule is CC(N)(C#N)CCC(=O)OCCCN.CC(N)(C#N)CCC(=O)OCCCN. The third-order valence-corrected chi connectivity index (χ3v) is 3.43. The first-order valence-electron chi connectivity index (χ1n) is 9.15. The summed E-state index contributed by atoms with van der Waals surface area (Å²) in [5.41, 5.74) is 19.6. The van der Waals surface area contributed by atoms with Crippen molar-refractivity contribution >= 4 is 11.9 Å². The van der Waals surface area contributed by atoms with Gasteiger partial charge in [-0.2, -0.15) is 10.5 Å². The fourth-order valence-corrected chi connectivity index (χ4v) is 1.52. The average molecular weight is 399 g/mol. The van der Waals surface area contributed by atoms with Crippen molar-refractivity contribution in [3.05, 3.63) is 0 Å². The predicted molar refractivity (Wildman–Crippen MR) is 104 cm³/mol. The van der Waals surface area contributed by atoms with E-state index in [1.807, 2.05) is 12.1 Å². The molecule has 160 valence electrons. The standard InChI is InChI=1S/2C9H17N3O2/c2*1-9(12,7-11)4-3-8(13)14-6-2-5-10/h2*2-6,10,12H2,1H3. The van der Waals surface area contributed by atoms with Gasteiger partial charge < -0.3 is 32.4 Å². The van der Waals surface area contributed by atoms with E-state index in [2.05, 4.69) is 0 Å². The largest absolute Gasteiger partial charge is 0.466 e. The molecule has 10 heteroatoms. The second kappa shape index (κ2) is 15.8. The molecule has 0 saturated carbocycles. The number of esters is 2. The van der Waals surface area contributed by atoms with Crippen LogP contribution < -0.4 is 22.9 Å². The van der Waals surface area contributed by atoms with Gasteiger partial charge in [-0.1, -0.05) is 0 Å². The molecule has 0 aliphatic heterocycles. The van der Waals surface area contributed by atoms with Crippen molar-refractivity contribution in [1.82, 2.24) is 0 Å². The van der Waals surface area contributed by atoms with Gasteiger partial charge in [0, 0.05) is 12.8 Å². The van der Waals surface area contributed by atoms with Crippen LogP contribution in [-0.4, -0.2) is 49.3 Å². The molecule has 0 aliphatic carbocycles. The Morgan fingerprint density at radius 1 is 0.821 bits per heavy atom. The number of hydrogen-bond donors (Lipinski definition) is 4. The van der Waals surface area contributed by atoms with Crippen molar-refractivity contribution in [3.8, 4) is 12.1 Å². The number of carbonyl (C=O) groups is 2. The van der Waals surface area contributed by atoms with E-state index in [-0.39, 0.29) is 24.8 Å². The number of ether oxygens (including phenoxy) is 2. The van der Waals surface area contributed by atoms with E-state index in [1.54, 1.807) is 13.8 Å². The number of nitriles is 2. The zero-order chi connectivity index (χ0) is 22.1. The van der Waals surface area contributed by atoms with E-state index in [0.717, 1.165) is 0 Å². The molecule has 0 heterocycles. The third kappa shape index (κ3) is 18.5. The van der Waals surface area contributed by atoms with Gasteiger partial charge in [-0.25, -0.2) is 0 Å². The maximum Gasteiger partial charge on any atom is 0.305 e. The molecule has 10 nitrogen and oxygen atoms in total. The zero-order valence-corrected chi connectivity index (χ0v) is 16.9. The minimum atomic E-state index is -0.952. The second-order valence-electron chi connectivity index (χ2n) is 6.78. The van der Waals surface area contributed by atoms with Gasteiger partial charge in [0.15, 0.2) is 0 Å². The molecule has 0 fully saturated rings. The van der Waals surface area contributed by atoms with E-state index in [4.69, 9.17) is 42.9 Å². The molecular weight excluding hydrogens is 364 g/mol. The van der Waals surface area contributed by atoms with E-state index < -0.39 is 11.1 Å². The van der Waals surface area contributed by atoms with Crippen molar-refractivity contribution < 1.29 is 19.1 Å². The lowest BCUT2D eigenvalue weighted by atomic mass is 9.99. The molecule has 0 aromatic carbocycles. The van der Waals surface area contributed by atoms with E-state index >= 15 is 0 Å². The first-order valence-corrected chi connectivity index (χ1v) is 9.15. The lowest BCUT2D eigenvalue weighted by Gasteiger charge is -2.13. The molecule has 0 radical (unpaired) electrons. The summed E-state index contributed by atoms with van der Waals surface area (Å²) in [6.45, 7) is 4.84. The molecule has 0 aromatic heterocycles. The van der Waals surface area contributed by atoms with E-state index in [1.165, 1.54) is 0 Å². The Balaban J connectivity index is 0. The summed E-state index contributed by atoms with van der Waals surface area (Å²) in [7, 11) is 0. The van der Waals surface area contributed by atoms with E-state index in [9.17, 15) is 9.59 Å². The molecule has 0 bridgehead atoms. The minimum absolute atomic E-state index is 0.172. The zero-order valence-electron chi connectivity index (χ0n) is 16.9. The Kier molecular flexibility index (Phi) is 15.8. The van der Waals surface area contributed by atoms with E-state index in [0.29, 0.717) is 52.0 Å². The Morgan fingerprint density at radius 2 is 1.14 bits per heavy atom. The van der Waals surface area contributed by atoms with Gasteiger partial charge in [0.25, 0.3) is 0 Å². The molecule has 0 saturated heterocycles. The summed E-state index contributed by atoms with van der Waals surface area (Å²) in [4.78, 5) is 22.1. The molecular formula is C18H34N6O4. The number of nitrogens with two attached hydrogens (primary N) is 4. The van der Waals surface area contributed by atoms with Crippen molar-refractivity contribution in [2.24, 2.45) is 22.9 Å². The van der Waals surface area contributed by atoms with Crippen LogP contribution in [0.1, 0.15) is 52.4 Å². The molecule has 28 heavy (non-hydrogen) atoms. The molecule has 0 aliphatic rings. The molecule has 0 spiro atoms. The Morgan fingerprint density at radius 3 is 1.39 bits per heavy atom. The summed E-state index contributed by atoms with van der Waals surface area (Å²) in [6.07, 6.45) is 2.28. The van der Waals surface area contributed by atoms with Crippen LogP contribution in [0.15, 0.2) is 0 Å². The van der Waals surface area contributed by atoms with Crippen molar-refractivity contribution in [1.29, 1.82) is 10.5 Å². The van der Waals surface area contributed by atoms with Crippen LogP contribution in [0.4, 0.5) is 0 Å². The molecule has 0 amide bonds. The van der Waals surface area contributed by atoms with Crippen LogP contribution in [-0.2, 0) is 19.1 Å². The summed E-state index contributed by atoms with van der Waals surface area (Å²) >= 11 is 0. The van der Waals surface area contributed by atoms with Gasteiger partial charge in [0.05, 0.1) is 25.4 Å². The minimum Gasteiger partial charge on any atom is -0.466 e. The summed E-state index contributed by atoms with van der Waals surface area (Å²) < 4.78 is 9.68. The molecule has 2 unspecified atom stereocenters. The fraction of sp³-hybridized carbons (Fsp3) is 0.778. The van der Waals surface area contributed by atoms with Crippen molar-refractivity contribution in [2.45, 2.75) is 63.5 Å². The van der Waals surface area contributed by atoms with Gasteiger partial charge in [0.1, 0.15) is 11.1 Å². The molecule has 2 atom stereocenters. The normalized spacial score (nSPS) is 14.1. The quantitative estimate of drug-likeness (QED) is 0.251. The van der Waals surface area contributed by atoms with Crippen LogP contribution >= 0.6 is 0 Å². The first kappa shape index (κ1) is 28.0. The smallest absolute Gasteiger partial charge is 0.305 e. The maximum atomic E-state index is 11.1. The lowest BCUT2D eigenvalue weighted by molar-refractivity contribution is -0.144. The molecule has 0 aromatic rings. The highest BCUT2D eigenvalue weighted by molar-refractivity contribution is 5.69. The summed E-state index contributed by atoms with van der Waals surface area (Å²) in [6, 6.07) is 3.83. The maximum absolute atomic E-state index is 11.1. The number of hydrogen-bond acceptors (Lipinski definition) is 10. The number of nitrogens with zero attached hydrogens (tertiary/aromatic N) is 2. The van der Waals surface area contributed by atoms with Gasteiger partial charge >= 0.3 is 11.9 Å². The topological polar surface area (TPSA) is 204 Å². The van der Waals surface area contributed by atoms with Crippen LogP contribution in [0.5, 0.6) is 0 Å².